The summed E-state index contributed by atoms with van der Waals surface area (Å²) in [4.78, 5) is 10.8. The van der Waals surface area contributed by atoms with E-state index in [9.17, 15) is 13.6 Å². The van der Waals surface area contributed by atoms with Gasteiger partial charge in [-0.25, -0.2) is 13.6 Å². The van der Waals surface area contributed by atoms with Crippen molar-refractivity contribution >= 4 is 5.97 Å². The standard InChI is InChI=1S/C11H12F2O2/c1-6(2)9-5-7(10(12)13)3-4-8(9)11(14)15/h3-6,10H,1-2H3,(H,14,15). The summed E-state index contributed by atoms with van der Waals surface area (Å²) in [5.74, 6) is -1.17. The number of alkyl halides is 2. The highest BCUT2D eigenvalue weighted by Crippen LogP contribution is 2.26. The van der Waals surface area contributed by atoms with Crippen LogP contribution in [0, 0.1) is 0 Å². The Morgan fingerprint density at radius 3 is 2.33 bits per heavy atom. The van der Waals surface area contributed by atoms with Gasteiger partial charge in [0.15, 0.2) is 0 Å². The zero-order valence-electron chi connectivity index (χ0n) is 8.50. The molecule has 0 heterocycles. The van der Waals surface area contributed by atoms with E-state index in [0.717, 1.165) is 6.07 Å². The van der Waals surface area contributed by atoms with Crippen molar-refractivity contribution in [2.24, 2.45) is 0 Å². The van der Waals surface area contributed by atoms with Gasteiger partial charge in [0.2, 0.25) is 0 Å². The van der Waals surface area contributed by atoms with E-state index in [-0.39, 0.29) is 17.0 Å². The number of aromatic carboxylic acids is 1. The first-order valence-corrected chi connectivity index (χ1v) is 4.58. The van der Waals surface area contributed by atoms with Crippen molar-refractivity contribution in [3.8, 4) is 0 Å². The van der Waals surface area contributed by atoms with Gasteiger partial charge in [-0.05, 0) is 23.6 Å². The van der Waals surface area contributed by atoms with Crippen molar-refractivity contribution in [3.05, 3.63) is 34.9 Å². The van der Waals surface area contributed by atoms with E-state index in [0.29, 0.717) is 5.56 Å². The Balaban J connectivity index is 3.27. The average molecular weight is 214 g/mol. The number of halogens is 2. The number of carboxylic acid groups (broad SMARTS) is 1. The molecule has 1 aromatic carbocycles. The second-order valence-electron chi connectivity index (χ2n) is 3.61. The zero-order valence-corrected chi connectivity index (χ0v) is 8.50. The van der Waals surface area contributed by atoms with Gasteiger partial charge < -0.3 is 5.11 Å². The van der Waals surface area contributed by atoms with Gasteiger partial charge in [-0.2, -0.15) is 0 Å². The lowest BCUT2D eigenvalue weighted by molar-refractivity contribution is 0.0694. The Labute approximate surface area is 86.5 Å². The van der Waals surface area contributed by atoms with Crippen LogP contribution in [0.2, 0.25) is 0 Å². The molecule has 2 nitrogen and oxygen atoms in total. The number of carboxylic acids is 1. The summed E-state index contributed by atoms with van der Waals surface area (Å²) >= 11 is 0. The summed E-state index contributed by atoms with van der Waals surface area (Å²) < 4.78 is 24.8. The first-order valence-electron chi connectivity index (χ1n) is 4.58. The molecular formula is C11H12F2O2. The molecule has 0 bridgehead atoms. The van der Waals surface area contributed by atoms with Crippen molar-refractivity contribution < 1.29 is 18.7 Å². The molecule has 1 aromatic rings. The van der Waals surface area contributed by atoms with E-state index in [1.807, 2.05) is 0 Å². The Hall–Kier alpha value is -1.45. The summed E-state index contributed by atoms with van der Waals surface area (Å²) in [6.45, 7) is 3.55. The van der Waals surface area contributed by atoms with Gasteiger partial charge in [0, 0.05) is 5.56 Å². The Morgan fingerprint density at radius 2 is 1.93 bits per heavy atom. The van der Waals surface area contributed by atoms with Crippen LogP contribution in [0.15, 0.2) is 18.2 Å². The predicted octanol–water partition coefficient (Wildman–Crippen LogP) is 3.45. The van der Waals surface area contributed by atoms with Crippen molar-refractivity contribution in [2.45, 2.75) is 26.2 Å². The maximum atomic E-state index is 12.4. The molecule has 0 atom stereocenters. The van der Waals surface area contributed by atoms with Gasteiger partial charge in [0.25, 0.3) is 6.43 Å². The highest BCUT2D eigenvalue weighted by molar-refractivity contribution is 5.89. The molecular weight excluding hydrogens is 202 g/mol. The van der Waals surface area contributed by atoms with Crippen LogP contribution in [0.3, 0.4) is 0 Å². The normalized spacial score (nSPS) is 11.1. The Morgan fingerprint density at radius 1 is 1.33 bits per heavy atom. The molecule has 0 saturated carbocycles. The Bertz CT molecular complexity index is 373. The molecule has 1 rings (SSSR count). The van der Waals surface area contributed by atoms with Crippen LogP contribution in [-0.2, 0) is 0 Å². The third kappa shape index (κ3) is 2.52. The molecule has 0 aliphatic heterocycles. The van der Waals surface area contributed by atoms with Crippen LogP contribution in [0.4, 0.5) is 8.78 Å². The minimum atomic E-state index is -2.56. The van der Waals surface area contributed by atoms with Gasteiger partial charge >= 0.3 is 5.97 Å². The summed E-state index contributed by atoms with van der Waals surface area (Å²) in [6, 6.07) is 3.65. The molecule has 0 aliphatic carbocycles. The van der Waals surface area contributed by atoms with Crippen molar-refractivity contribution in [3.63, 3.8) is 0 Å². The van der Waals surface area contributed by atoms with E-state index in [1.54, 1.807) is 13.8 Å². The minimum absolute atomic E-state index is 0.0881. The van der Waals surface area contributed by atoms with E-state index in [4.69, 9.17) is 5.11 Å². The molecule has 0 unspecified atom stereocenters. The van der Waals surface area contributed by atoms with Gasteiger partial charge in [-0.15, -0.1) is 0 Å². The van der Waals surface area contributed by atoms with E-state index in [2.05, 4.69) is 0 Å². The average Bonchev–Trinajstić information content (AvgIpc) is 2.16. The van der Waals surface area contributed by atoms with Crippen LogP contribution >= 0.6 is 0 Å². The first kappa shape index (κ1) is 11.6. The fourth-order valence-electron chi connectivity index (χ4n) is 1.39. The van der Waals surface area contributed by atoms with Gasteiger partial charge in [0.05, 0.1) is 5.56 Å². The molecule has 0 aromatic heterocycles. The second kappa shape index (κ2) is 4.38. The maximum Gasteiger partial charge on any atom is 0.335 e. The molecule has 0 amide bonds. The molecule has 0 aliphatic rings. The summed E-state index contributed by atoms with van der Waals surface area (Å²) in [7, 11) is 0. The van der Waals surface area contributed by atoms with Gasteiger partial charge in [0.1, 0.15) is 0 Å². The lowest BCUT2D eigenvalue weighted by atomic mass is 9.95. The topological polar surface area (TPSA) is 37.3 Å². The number of hydrogen-bond donors (Lipinski definition) is 1. The maximum absolute atomic E-state index is 12.4. The molecule has 0 saturated heterocycles. The Kier molecular flexibility index (Phi) is 3.39. The van der Waals surface area contributed by atoms with Crippen LogP contribution in [0.1, 0.15) is 47.7 Å². The monoisotopic (exact) mass is 214 g/mol. The molecule has 1 N–H and O–H groups in total. The number of rotatable bonds is 3. The zero-order chi connectivity index (χ0) is 11.6. The van der Waals surface area contributed by atoms with Crippen LogP contribution in [0.5, 0.6) is 0 Å². The fourth-order valence-corrected chi connectivity index (χ4v) is 1.39. The highest BCUT2D eigenvalue weighted by atomic mass is 19.3. The highest BCUT2D eigenvalue weighted by Gasteiger charge is 2.16. The van der Waals surface area contributed by atoms with E-state index >= 15 is 0 Å². The summed E-state index contributed by atoms with van der Waals surface area (Å²) in [5.41, 5.74) is 0.401. The molecule has 15 heavy (non-hydrogen) atoms. The number of benzene rings is 1. The van der Waals surface area contributed by atoms with E-state index < -0.39 is 12.4 Å². The summed E-state index contributed by atoms with van der Waals surface area (Å²) in [6.07, 6.45) is -2.56. The molecule has 0 fully saturated rings. The van der Waals surface area contributed by atoms with Gasteiger partial charge in [-0.3, -0.25) is 0 Å². The van der Waals surface area contributed by atoms with Gasteiger partial charge in [-0.1, -0.05) is 19.9 Å². The van der Waals surface area contributed by atoms with Crippen LogP contribution < -0.4 is 0 Å². The van der Waals surface area contributed by atoms with Crippen molar-refractivity contribution in [2.75, 3.05) is 0 Å². The fraction of sp³-hybridized carbons (Fsp3) is 0.364. The largest absolute Gasteiger partial charge is 0.478 e. The molecule has 4 heteroatoms. The van der Waals surface area contributed by atoms with E-state index in [1.165, 1.54) is 12.1 Å². The predicted molar refractivity (Wildman–Crippen MR) is 52.4 cm³/mol. The molecule has 0 radical (unpaired) electrons. The number of hydrogen-bond acceptors (Lipinski definition) is 1. The smallest absolute Gasteiger partial charge is 0.335 e. The summed E-state index contributed by atoms with van der Waals surface area (Å²) in [5, 5.41) is 8.86. The third-order valence-corrected chi connectivity index (χ3v) is 2.18. The van der Waals surface area contributed by atoms with Crippen molar-refractivity contribution in [1.29, 1.82) is 0 Å². The van der Waals surface area contributed by atoms with Crippen molar-refractivity contribution in [1.82, 2.24) is 0 Å². The molecule has 82 valence electrons. The van der Waals surface area contributed by atoms with Crippen LogP contribution in [-0.4, -0.2) is 11.1 Å². The second-order valence-corrected chi connectivity index (χ2v) is 3.61. The van der Waals surface area contributed by atoms with Crippen LogP contribution in [0.25, 0.3) is 0 Å². The third-order valence-electron chi connectivity index (χ3n) is 2.18. The number of carbonyl (C=O) groups is 1. The lowest BCUT2D eigenvalue weighted by Crippen LogP contribution is -2.05. The first-order chi connectivity index (χ1) is 6.93. The SMILES string of the molecule is CC(C)c1cc(C(F)F)ccc1C(=O)O. The minimum Gasteiger partial charge on any atom is -0.478 e. The quantitative estimate of drug-likeness (QED) is 0.836. The lowest BCUT2D eigenvalue weighted by Gasteiger charge is -2.11. The molecule has 0 spiro atoms.